The van der Waals surface area contributed by atoms with Gasteiger partial charge in [0.2, 0.25) is 11.8 Å². The van der Waals surface area contributed by atoms with Gasteiger partial charge in [0.05, 0.1) is 10.7 Å². The number of fused-ring (bicyclic) bond motifs is 1. The smallest absolute Gasteiger partial charge is 0.227 e. The third kappa shape index (κ3) is 4.15. The number of benzene rings is 2. The van der Waals surface area contributed by atoms with Gasteiger partial charge in [0.25, 0.3) is 0 Å². The van der Waals surface area contributed by atoms with E-state index in [0.29, 0.717) is 23.0 Å². The van der Waals surface area contributed by atoms with E-state index in [1.807, 2.05) is 36.4 Å². The highest BCUT2D eigenvalue weighted by atomic mass is 35.5. The van der Waals surface area contributed by atoms with Crippen molar-refractivity contribution in [2.24, 2.45) is 23.2 Å². The summed E-state index contributed by atoms with van der Waals surface area (Å²) in [6.45, 7) is 0. The van der Waals surface area contributed by atoms with Crippen LogP contribution in [0.25, 0.3) is 22.6 Å². The average Bonchev–Trinajstić information content (AvgIpc) is 3.18. The van der Waals surface area contributed by atoms with Crippen LogP contribution in [0.1, 0.15) is 44.9 Å². The molecule has 33 heavy (non-hydrogen) atoms. The molecule has 1 aromatic heterocycles. The van der Waals surface area contributed by atoms with Crippen LogP contribution in [-0.4, -0.2) is 16.0 Å². The molecule has 3 aromatic rings. The van der Waals surface area contributed by atoms with Gasteiger partial charge in [0.1, 0.15) is 5.52 Å². The van der Waals surface area contributed by atoms with Crippen molar-refractivity contribution in [3.8, 4) is 11.5 Å². The number of nitrogens with zero attached hydrogens (tertiary/aromatic N) is 1. The van der Waals surface area contributed by atoms with Gasteiger partial charge in [-0.05, 0) is 104 Å². The van der Waals surface area contributed by atoms with Crippen LogP contribution in [0.15, 0.2) is 46.9 Å². The molecule has 0 unspecified atom stereocenters. The Morgan fingerprint density at radius 3 is 2.48 bits per heavy atom. The summed E-state index contributed by atoms with van der Waals surface area (Å²) in [4.78, 5) is 17.4. The van der Waals surface area contributed by atoms with E-state index in [9.17, 15) is 4.79 Å². The molecule has 2 aromatic carbocycles. The number of nitrogens with one attached hydrogen (secondary N) is 2. The maximum absolute atomic E-state index is 12.9. The molecule has 1 amide bonds. The minimum absolute atomic E-state index is 0.000628. The number of para-hydroxylation sites is 2. The van der Waals surface area contributed by atoms with Gasteiger partial charge < -0.3 is 15.1 Å². The first-order chi connectivity index (χ1) is 15.9. The lowest BCUT2D eigenvalue weighted by Crippen LogP contribution is -2.48. The largest absolute Gasteiger partial charge is 0.436 e. The average molecular weight is 480 g/mol. The number of thiocarbonyl (C=S) groups is 1. The fourth-order valence-corrected chi connectivity index (χ4v) is 7.31. The van der Waals surface area contributed by atoms with E-state index < -0.39 is 0 Å². The minimum Gasteiger partial charge on any atom is -0.436 e. The Balaban J connectivity index is 1.13. The number of carbonyl (C=O) groups is 1. The van der Waals surface area contributed by atoms with Gasteiger partial charge in [-0.2, -0.15) is 0 Å². The van der Waals surface area contributed by atoms with Gasteiger partial charge in [-0.1, -0.05) is 23.7 Å². The number of hydrogen-bond acceptors (Lipinski definition) is 4. The lowest BCUT2D eigenvalue weighted by atomic mass is 9.49. The second-order valence-corrected chi connectivity index (χ2v) is 11.1. The minimum atomic E-state index is 0.000628. The molecule has 4 saturated carbocycles. The summed E-state index contributed by atoms with van der Waals surface area (Å²) in [5, 5.41) is 6.76. The molecule has 4 fully saturated rings. The quantitative estimate of drug-likeness (QED) is 0.414. The van der Waals surface area contributed by atoms with E-state index in [1.165, 1.54) is 38.5 Å². The first kappa shape index (κ1) is 21.1. The summed E-state index contributed by atoms with van der Waals surface area (Å²) < 4.78 is 5.87. The van der Waals surface area contributed by atoms with Crippen LogP contribution in [0.2, 0.25) is 5.02 Å². The molecular formula is C26H26ClN3O2S. The van der Waals surface area contributed by atoms with Crippen molar-refractivity contribution in [3.63, 3.8) is 0 Å². The number of oxazole rings is 1. The summed E-state index contributed by atoms with van der Waals surface area (Å²) in [7, 11) is 0. The van der Waals surface area contributed by atoms with E-state index >= 15 is 0 Å². The third-order valence-corrected chi connectivity index (χ3v) is 8.24. The Morgan fingerprint density at radius 2 is 1.79 bits per heavy atom. The van der Waals surface area contributed by atoms with E-state index in [0.717, 1.165) is 34.4 Å². The van der Waals surface area contributed by atoms with Gasteiger partial charge in [-0.25, -0.2) is 4.98 Å². The molecule has 4 aliphatic rings. The number of hydrogen-bond donors (Lipinski definition) is 2. The molecule has 0 aliphatic heterocycles. The molecule has 0 saturated heterocycles. The SMILES string of the molecule is O=C(CC12CC3CC(CC(C3)C1)C2)NC(=S)Nc1cc(-c2nc3ccccc3o2)ccc1Cl. The predicted molar refractivity (Wildman–Crippen MR) is 134 cm³/mol. The van der Waals surface area contributed by atoms with Gasteiger partial charge in [0.15, 0.2) is 10.7 Å². The van der Waals surface area contributed by atoms with Crippen molar-refractivity contribution in [2.45, 2.75) is 44.9 Å². The molecule has 170 valence electrons. The Kier molecular flexibility index (Phi) is 5.18. The highest BCUT2D eigenvalue weighted by Crippen LogP contribution is 2.61. The van der Waals surface area contributed by atoms with Crippen molar-refractivity contribution in [2.75, 3.05) is 5.32 Å². The van der Waals surface area contributed by atoms with E-state index in [2.05, 4.69) is 15.6 Å². The van der Waals surface area contributed by atoms with Crippen molar-refractivity contribution >= 4 is 51.6 Å². The number of rotatable bonds is 4. The van der Waals surface area contributed by atoms with Gasteiger partial charge in [0, 0.05) is 12.0 Å². The highest BCUT2D eigenvalue weighted by Gasteiger charge is 2.51. The molecule has 0 radical (unpaired) electrons. The second-order valence-electron chi connectivity index (χ2n) is 10.3. The number of anilines is 1. The van der Waals surface area contributed by atoms with E-state index in [1.54, 1.807) is 6.07 Å². The van der Waals surface area contributed by atoms with Gasteiger partial charge >= 0.3 is 0 Å². The number of carbonyl (C=O) groups excluding carboxylic acids is 1. The predicted octanol–water partition coefficient (Wildman–Crippen LogP) is 6.57. The summed E-state index contributed by atoms with van der Waals surface area (Å²) in [6, 6.07) is 13.1. The molecule has 4 aliphatic carbocycles. The standard InChI is InChI=1S/C26H26ClN3O2S/c27-19-6-5-18(24-28-20-3-1-2-4-22(20)32-24)10-21(19)29-25(33)30-23(31)14-26-11-15-7-16(12-26)9-17(8-15)13-26/h1-6,10,15-17H,7-9,11-14H2,(H2,29,30,31,33). The summed E-state index contributed by atoms with van der Waals surface area (Å²) in [6.07, 6.45) is 8.28. The van der Waals surface area contributed by atoms with Crippen LogP contribution in [0.5, 0.6) is 0 Å². The molecule has 1 heterocycles. The topological polar surface area (TPSA) is 67.2 Å². The zero-order valence-electron chi connectivity index (χ0n) is 18.3. The first-order valence-electron chi connectivity index (χ1n) is 11.7. The summed E-state index contributed by atoms with van der Waals surface area (Å²) >= 11 is 11.9. The highest BCUT2D eigenvalue weighted by molar-refractivity contribution is 7.80. The Hall–Kier alpha value is -2.44. The fourth-order valence-electron chi connectivity index (χ4n) is 6.92. The van der Waals surface area contributed by atoms with Crippen molar-refractivity contribution in [3.05, 3.63) is 47.5 Å². The molecule has 7 heteroatoms. The van der Waals surface area contributed by atoms with Gasteiger partial charge in [-0.15, -0.1) is 0 Å². The van der Waals surface area contributed by atoms with Crippen molar-refractivity contribution in [1.82, 2.24) is 10.3 Å². The molecule has 0 spiro atoms. The second kappa shape index (κ2) is 8.10. The molecular weight excluding hydrogens is 454 g/mol. The van der Waals surface area contributed by atoms with E-state index in [4.69, 9.17) is 28.2 Å². The van der Waals surface area contributed by atoms with Crippen LogP contribution in [0.3, 0.4) is 0 Å². The molecule has 2 N–H and O–H groups in total. The zero-order chi connectivity index (χ0) is 22.6. The lowest BCUT2D eigenvalue weighted by molar-refractivity contribution is -0.127. The number of aromatic nitrogens is 1. The summed E-state index contributed by atoms with van der Waals surface area (Å²) in [5.41, 5.74) is 3.09. The zero-order valence-corrected chi connectivity index (χ0v) is 19.8. The van der Waals surface area contributed by atoms with Crippen LogP contribution < -0.4 is 10.6 Å². The monoisotopic (exact) mass is 479 g/mol. The Morgan fingerprint density at radius 1 is 1.09 bits per heavy atom. The molecule has 5 nitrogen and oxygen atoms in total. The lowest BCUT2D eigenvalue weighted by Gasteiger charge is -2.56. The molecule has 0 atom stereocenters. The first-order valence-corrected chi connectivity index (χ1v) is 12.5. The van der Waals surface area contributed by atoms with Crippen LogP contribution in [-0.2, 0) is 4.79 Å². The molecule has 4 bridgehead atoms. The Bertz CT molecular complexity index is 1190. The van der Waals surface area contributed by atoms with Crippen LogP contribution >= 0.6 is 23.8 Å². The molecule has 7 rings (SSSR count). The fraction of sp³-hybridized carbons (Fsp3) is 0.423. The van der Waals surface area contributed by atoms with Crippen molar-refractivity contribution < 1.29 is 9.21 Å². The Labute approximate surface area is 203 Å². The maximum atomic E-state index is 12.9. The maximum Gasteiger partial charge on any atom is 0.227 e. The van der Waals surface area contributed by atoms with Gasteiger partial charge in [-0.3, -0.25) is 4.79 Å². The van der Waals surface area contributed by atoms with Crippen LogP contribution in [0.4, 0.5) is 5.69 Å². The third-order valence-electron chi connectivity index (χ3n) is 7.71. The normalized spacial score (nSPS) is 27.6. The summed E-state index contributed by atoms with van der Waals surface area (Å²) in [5.74, 6) is 2.97. The number of halogens is 1. The van der Waals surface area contributed by atoms with Crippen molar-refractivity contribution in [1.29, 1.82) is 0 Å². The van der Waals surface area contributed by atoms with E-state index in [-0.39, 0.29) is 16.4 Å². The van der Waals surface area contributed by atoms with Crippen LogP contribution in [0, 0.1) is 23.2 Å². The number of amides is 1.